The molecule has 1 aromatic heterocycles. The second-order valence-electron chi connectivity index (χ2n) is 2.33. The zero-order valence-corrected chi connectivity index (χ0v) is 6.95. The summed E-state index contributed by atoms with van der Waals surface area (Å²) < 4.78 is 0. The van der Waals surface area contributed by atoms with Gasteiger partial charge in [-0.15, -0.1) is 0 Å². The summed E-state index contributed by atoms with van der Waals surface area (Å²) in [5.41, 5.74) is 0.554. The van der Waals surface area contributed by atoms with Crippen LogP contribution in [0.3, 0.4) is 0 Å². The van der Waals surface area contributed by atoms with Crippen LogP contribution in [0.25, 0.3) is 0 Å². The molecule has 12 heavy (non-hydrogen) atoms. The van der Waals surface area contributed by atoms with Crippen molar-refractivity contribution in [2.75, 3.05) is 13.1 Å². The summed E-state index contributed by atoms with van der Waals surface area (Å²) >= 11 is 0. The van der Waals surface area contributed by atoms with Crippen LogP contribution in [0.15, 0.2) is 18.7 Å². The molecular weight excluding hydrogens is 154 g/mol. The van der Waals surface area contributed by atoms with Crippen LogP contribution < -0.4 is 5.32 Å². The first-order chi connectivity index (χ1) is 5.84. The summed E-state index contributed by atoms with van der Waals surface area (Å²) in [7, 11) is 0. The molecule has 0 aliphatic rings. The predicted octanol–water partition coefficient (Wildman–Crippen LogP) is 0.269. The standard InChI is InChI=1S/C8H11N3O/c1-2-9-5-8(12)7-3-10-6-11-4-7/h3-4,6,9H,2,5H2,1H3. The maximum absolute atomic E-state index is 11.3. The van der Waals surface area contributed by atoms with E-state index in [1.165, 1.54) is 18.7 Å². The molecule has 0 unspecified atom stereocenters. The second kappa shape index (κ2) is 4.56. The SMILES string of the molecule is CCNCC(=O)c1cncnc1. The van der Waals surface area contributed by atoms with E-state index in [2.05, 4.69) is 15.3 Å². The highest BCUT2D eigenvalue weighted by Gasteiger charge is 2.03. The number of nitrogens with zero attached hydrogens (tertiary/aromatic N) is 2. The molecule has 0 amide bonds. The average Bonchev–Trinajstić information content (AvgIpc) is 2.15. The van der Waals surface area contributed by atoms with Gasteiger partial charge in [0.1, 0.15) is 6.33 Å². The number of hydrogen-bond acceptors (Lipinski definition) is 4. The Morgan fingerprint density at radius 1 is 1.50 bits per heavy atom. The number of aromatic nitrogens is 2. The van der Waals surface area contributed by atoms with Crippen molar-refractivity contribution in [1.82, 2.24) is 15.3 Å². The van der Waals surface area contributed by atoms with Crippen LogP contribution in [0.5, 0.6) is 0 Å². The molecule has 0 aliphatic carbocycles. The van der Waals surface area contributed by atoms with E-state index in [0.29, 0.717) is 12.1 Å². The Labute approximate surface area is 71.0 Å². The first kappa shape index (κ1) is 8.80. The molecule has 0 fully saturated rings. The fraction of sp³-hybridized carbons (Fsp3) is 0.375. The van der Waals surface area contributed by atoms with Crippen LogP contribution in [0, 0.1) is 0 Å². The van der Waals surface area contributed by atoms with Crippen LogP contribution in [-0.2, 0) is 0 Å². The summed E-state index contributed by atoms with van der Waals surface area (Å²) in [5.74, 6) is 0.0254. The van der Waals surface area contributed by atoms with Crippen molar-refractivity contribution in [3.8, 4) is 0 Å². The van der Waals surface area contributed by atoms with Gasteiger partial charge in [-0.05, 0) is 6.54 Å². The minimum absolute atomic E-state index is 0.0254. The lowest BCUT2D eigenvalue weighted by molar-refractivity contribution is 0.0991. The minimum atomic E-state index is 0.0254. The lowest BCUT2D eigenvalue weighted by Crippen LogP contribution is -2.22. The van der Waals surface area contributed by atoms with Gasteiger partial charge in [-0.2, -0.15) is 0 Å². The third-order valence-corrected chi connectivity index (χ3v) is 1.42. The van der Waals surface area contributed by atoms with E-state index in [0.717, 1.165) is 6.54 Å². The number of carbonyl (C=O) groups excluding carboxylic acids is 1. The lowest BCUT2D eigenvalue weighted by Gasteiger charge is -1.98. The maximum Gasteiger partial charge on any atom is 0.179 e. The van der Waals surface area contributed by atoms with Crippen LogP contribution in [0.2, 0.25) is 0 Å². The molecule has 1 rings (SSSR count). The van der Waals surface area contributed by atoms with Gasteiger partial charge in [0.2, 0.25) is 0 Å². The highest BCUT2D eigenvalue weighted by atomic mass is 16.1. The van der Waals surface area contributed by atoms with Crippen molar-refractivity contribution in [2.24, 2.45) is 0 Å². The molecule has 64 valence electrons. The van der Waals surface area contributed by atoms with Gasteiger partial charge < -0.3 is 5.32 Å². The van der Waals surface area contributed by atoms with Crippen molar-refractivity contribution in [3.05, 3.63) is 24.3 Å². The lowest BCUT2D eigenvalue weighted by atomic mass is 10.2. The van der Waals surface area contributed by atoms with Gasteiger partial charge in [0.05, 0.1) is 12.1 Å². The quantitative estimate of drug-likeness (QED) is 0.650. The summed E-state index contributed by atoms with van der Waals surface area (Å²) in [6, 6.07) is 0. The fourth-order valence-electron chi connectivity index (χ4n) is 0.784. The Balaban J connectivity index is 2.54. The van der Waals surface area contributed by atoms with E-state index in [1.54, 1.807) is 0 Å². The number of nitrogens with one attached hydrogen (secondary N) is 1. The van der Waals surface area contributed by atoms with E-state index in [-0.39, 0.29) is 5.78 Å². The zero-order valence-electron chi connectivity index (χ0n) is 6.95. The Kier molecular flexibility index (Phi) is 3.35. The molecule has 0 aliphatic heterocycles. The maximum atomic E-state index is 11.3. The van der Waals surface area contributed by atoms with Gasteiger partial charge in [-0.3, -0.25) is 4.79 Å². The summed E-state index contributed by atoms with van der Waals surface area (Å²) in [4.78, 5) is 18.8. The molecule has 4 nitrogen and oxygen atoms in total. The van der Waals surface area contributed by atoms with Gasteiger partial charge in [0.25, 0.3) is 0 Å². The number of likely N-dealkylation sites (N-methyl/N-ethyl adjacent to an activating group) is 1. The van der Waals surface area contributed by atoms with Crippen molar-refractivity contribution in [2.45, 2.75) is 6.92 Å². The number of Topliss-reactive ketones (excluding diaryl/α,β-unsaturated/α-hetero) is 1. The third kappa shape index (κ3) is 2.39. The monoisotopic (exact) mass is 165 g/mol. The molecule has 0 saturated carbocycles. The number of ketones is 1. The van der Waals surface area contributed by atoms with E-state index in [9.17, 15) is 4.79 Å². The number of rotatable bonds is 4. The van der Waals surface area contributed by atoms with E-state index in [1.807, 2.05) is 6.92 Å². The molecule has 0 radical (unpaired) electrons. The predicted molar refractivity (Wildman–Crippen MR) is 44.9 cm³/mol. The number of hydrogen-bond donors (Lipinski definition) is 1. The van der Waals surface area contributed by atoms with Crippen LogP contribution in [-0.4, -0.2) is 28.8 Å². The van der Waals surface area contributed by atoms with Gasteiger partial charge in [0.15, 0.2) is 5.78 Å². The smallest absolute Gasteiger partial charge is 0.179 e. The molecule has 0 aromatic carbocycles. The molecule has 0 saturated heterocycles. The summed E-state index contributed by atoms with van der Waals surface area (Å²) in [6.45, 7) is 3.10. The first-order valence-electron chi connectivity index (χ1n) is 3.83. The second-order valence-corrected chi connectivity index (χ2v) is 2.33. The van der Waals surface area contributed by atoms with Crippen molar-refractivity contribution in [3.63, 3.8) is 0 Å². The third-order valence-electron chi connectivity index (χ3n) is 1.42. The van der Waals surface area contributed by atoms with Gasteiger partial charge >= 0.3 is 0 Å². The Hall–Kier alpha value is -1.29. The average molecular weight is 165 g/mol. The minimum Gasteiger partial charge on any atom is -0.310 e. The molecular formula is C8H11N3O. The van der Waals surface area contributed by atoms with Crippen molar-refractivity contribution in [1.29, 1.82) is 0 Å². The van der Waals surface area contributed by atoms with Crippen molar-refractivity contribution < 1.29 is 4.79 Å². The fourth-order valence-corrected chi connectivity index (χ4v) is 0.784. The molecule has 0 bridgehead atoms. The Morgan fingerprint density at radius 2 is 2.17 bits per heavy atom. The summed E-state index contributed by atoms with van der Waals surface area (Å²) in [6.07, 6.45) is 4.45. The topological polar surface area (TPSA) is 54.9 Å². The molecule has 1 N–H and O–H groups in total. The van der Waals surface area contributed by atoms with Crippen LogP contribution in [0.4, 0.5) is 0 Å². The molecule has 0 atom stereocenters. The highest BCUT2D eigenvalue weighted by molar-refractivity contribution is 5.96. The normalized spacial score (nSPS) is 9.75. The van der Waals surface area contributed by atoms with Gasteiger partial charge in [0, 0.05) is 12.4 Å². The first-order valence-corrected chi connectivity index (χ1v) is 3.83. The van der Waals surface area contributed by atoms with Crippen LogP contribution in [0.1, 0.15) is 17.3 Å². The highest BCUT2D eigenvalue weighted by Crippen LogP contribution is 1.92. The van der Waals surface area contributed by atoms with Gasteiger partial charge in [-0.25, -0.2) is 9.97 Å². The summed E-state index contributed by atoms with van der Waals surface area (Å²) in [5, 5.41) is 2.94. The molecule has 0 spiro atoms. The van der Waals surface area contributed by atoms with Gasteiger partial charge in [-0.1, -0.05) is 6.92 Å². The van der Waals surface area contributed by atoms with E-state index >= 15 is 0 Å². The molecule has 1 aromatic rings. The Morgan fingerprint density at radius 3 is 2.75 bits per heavy atom. The zero-order chi connectivity index (χ0) is 8.81. The molecule has 1 heterocycles. The van der Waals surface area contributed by atoms with Crippen molar-refractivity contribution >= 4 is 5.78 Å². The van der Waals surface area contributed by atoms with E-state index < -0.39 is 0 Å². The van der Waals surface area contributed by atoms with E-state index in [4.69, 9.17) is 0 Å². The molecule has 4 heteroatoms. The van der Waals surface area contributed by atoms with Crippen LogP contribution >= 0.6 is 0 Å². The number of carbonyl (C=O) groups is 1. The Bertz CT molecular complexity index is 248. The largest absolute Gasteiger partial charge is 0.310 e.